The number of pyridine rings is 1. The Kier molecular flexibility index (Phi) is 6.83. The summed E-state index contributed by atoms with van der Waals surface area (Å²) >= 11 is 3.29. The molecular weight excluding hydrogens is 553 g/mol. The number of benzene rings is 2. The molecule has 0 spiro atoms. The number of anilines is 3. The van der Waals surface area contributed by atoms with E-state index in [1.807, 2.05) is 49.9 Å². The Morgan fingerprint density at radius 3 is 2.71 bits per heavy atom. The quantitative estimate of drug-likeness (QED) is 0.233. The summed E-state index contributed by atoms with van der Waals surface area (Å²) in [6, 6.07) is 12.3. The molecule has 10 heteroatoms. The van der Waals surface area contributed by atoms with Gasteiger partial charge in [0.05, 0.1) is 5.69 Å². The number of ether oxygens (including phenoxy) is 1. The first-order valence-electron chi connectivity index (χ1n) is 12.2. The summed E-state index contributed by atoms with van der Waals surface area (Å²) in [7, 11) is 0. The Balaban J connectivity index is 1.48. The lowest BCUT2D eigenvalue weighted by atomic mass is 10.0. The monoisotopic (exact) mass is 579 g/mol. The Morgan fingerprint density at radius 1 is 1.13 bits per heavy atom. The van der Waals surface area contributed by atoms with Gasteiger partial charge in [0.2, 0.25) is 0 Å². The summed E-state index contributed by atoms with van der Waals surface area (Å²) in [6.45, 7) is 6.06. The van der Waals surface area contributed by atoms with Crippen LogP contribution in [0.2, 0.25) is 0 Å². The van der Waals surface area contributed by atoms with Crippen LogP contribution in [-0.2, 0) is 16.0 Å². The number of urea groups is 1. The molecule has 5 rings (SSSR count). The Bertz CT molecular complexity index is 1530. The molecule has 2 aromatic heterocycles. The number of carbonyl (C=O) groups is 2. The highest BCUT2D eigenvalue weighted by molar-refractivity contribution is 9.10. The molecule has 2 aromatic carbocycles. The predicted molar refractivity (Wildman–Crippen MR) is 149 cm³/mol. The van der Waals surface area contributed by atoms with Crippen molar-refractivity contribution in [1.29, 1.82) is 0 Å². The minimum Gasteiger partial charge on any atom is -0.458 e. The van der Waals surface area contributed by atoms with Crippen LogP contribution >= 0.6 is 15.9 Å². The molecule has 0 radical (unpaired) electrons. The van der Waals surface area contributed by atoms with E-state index in [-0.39, 0.29) is 11.7 Å². The number of fused-ring (bicyclic) bond motifs is 2. The van der Waals surface area contributed by atoms with Gasteiger partial charge in [-0.3, -0.25) is 0 Å². The Morgan fingerprint density at radius 2 is 1.92 bits per heavy atom. The van der Waals surface area contributed by atoms with Gasteiger partial charge in [0, 0.05) is 45.7 Å². The second-order valence-corrected chi connectivity index (χ2v) is 10.9. The number of aromatic amines is 1. The molecule has 1 unspecified atom stereocenters. The average Bonchev–Trinajstić information content (AvgIpc) is 3.49. The lowest BCUT2D eigenvalue weighted by Gasteiger charge is -2.32. The lowest BCUT2D eigenvalue weighted by Crippen LogP contribution is -2.37. The first-order valence-corrected chi connectivity index (χ1v) is 13.0. The van der Waals surface area contributed by atoms with Gasteiger partial charge in [0.15, 0.2) is 6.04 Å². The number of carbonyl (C=O) groups excluding carboxylic acids is 2. The summed E-state index contributed by atoms with van der Waals surface area (Å²) in [5, 5.41) is 6.23. The number of nitrogens with zero attached hydrogens (tertiary/aromatic N) is 2. The van der Waals surface area contributed by atoms with Crippen LogP contribution in [0.1, 0.15) is 37.9 Å². The maximum absolute atomic E-state index is 14.1. The van der Waals surface area contributed by atoms with E-state index in [9.17, 15) is 14.0 Å². The molecule has 0 saturated heterocycles. The number of amides is 2. The van der Waals surface area contributed by atoms with E-state index in [1.165, 1.54) is 12.1 Å². The number of esters is 1. The predicted octanol–water partition coefficient (Wildman–Crippen LogP) is 6.55. The van der Waals surface area contributed by atoms with E-state index >= 15 is 0 Å². The molecule has 3 heterocycles. The van der Waals surface area contributed by atoms with Gasteiger partial charge < -0.3 is 25.3 Å². The highest BCUT2D eigenvalue weighted by atomic mass is 79.9. The fourth-order valence-electron chi connectivity index (χ4n) is 4.71. The highest BCUT2D eigenvalue weighted by Crippen LogP contribution is 2.41. The Hall–Kier alpha value is -3.92. The van der Waals surface area contributed by atoms with Crippen LogP contribution in [0.4, 0.5) is 26.2 Å². The van der Waals surface area contributed by atoms with Crippen molar-refractivity contribution in [2.24, 2.45) is 0 Å². The number of halogens is 2. The third-order valence-corrected chi connectivity index (χ3v) is 6.71. The third kappa shape index (κ3) is 5.22. The number of nitrogens with one attached hydrogen (secondary N) is 3. The van der Waals surface area contributed by atoms with Crippen LogP contribution < -0.4 is 15.5 Å². The second-order valence-electron chi connectivity index (χ2n) is 10.0. The van der Waals surface area contributed by atoms with Crippen LogP contribution in [0, 0.1) is 5.82 Å². The molecule has 2 amide bonds. The minimum atomic E-state index is -0.725. The maximum atomic E-state index is 14.1. The van der Waals surface area contributed by atoms with Gasteiger partial charge in [0.1, 0.15) is 17.1 Å². The van der Waals surface area contributed by atoms with Gasteiger partial charge in [-0.15, -0.1) is 0 Å². The molecule has 196 valence electrons. The van der Waals surface area contributed by atoms with Crippen LogP contribution in [0.25, 0.3) is 11.0 Å². The minimum absolute atomic E-state index is 0.0595. The topological polar surface area (TPSA) is 99.3 Å². The zero-order valence-corrected chi connectivity index (χ0v) is 22.7. The van der Waals surface area contributed by atoms with Gasteiger partial charge >= 0.3 is 12.0 Å². The Labute approximate surface area is 227 Å². The molecule has 8 nitrogen and oxygen atoms in total. The lowest BCUT2D eigenvalue weighted by molar-refractivity contribution is -0.156. The summed E-state index contributed by atoms with van der Waals surface area (Å²) in [5.74, 6) is -0.915. The zero-order valence-electron chi connectivity index (χ0n) is 21.1. The van der Waals surface area contributed by atoms with Crippen molar-refractivity contribution in [2.45, 2.75) is 38.8 Å². The highest BCUT2D eigenvalue weighted by Gasteiger charge is 2.37. The van der Waals surface area contributed by atoms with Crippen LogP contribution in [0.5, 0.6) is 0 Å². The number of H-pyrrole nitrogens is 1. The smallest absolute Gasteiger partial charge is 0.334 e. The summed E-state index contributed by atoms with van der Waals surface area (Å²) in [6.07, 6.45) is 4.06. The second kappa shape index (κ2) is 10.1. The normalized spacial score (nSPS) is 13.8. The first kappa shape index (κ1) is 25.7. The first-order chi connectivity index (χ1) is 18.1. The van der Waals surface area contributed by atoms with Crippen molar-refractivity contribution in [1.82, 2.24) is 9.97 Å². The third-order valence-electron chi connectivity index (χ3n) is 6.22. The van der Waals surface area contributed by atoms with Crippen LogP contribution in [0.15, 0.2) is 65.4 Å². The number of hydrogen-bond donors (Lipinski definition) is 3. The number of rotatable bonds is 5. The fraction of sp³-hybridized carbons (Fsp3) is 0.250. The van der Waals surface area contributed by atoms with Gasteiger partial charge in [-0.05, 0) is 75.2 Å². The van der Waals surface area contributed by atoms with Crippen molar-refractivity contribution in [3.8, 4) is 0 Å². The SMILES string of the molecule is CC(C)(C)OC(=O)C(c1ccnc2[nH]ccc12)N1CCc2c(NC(=O)Nc3cc(Br)ccc3F)cccc21. The molecule has 1 atom stereocenters. The largest absolute Gasteiger partial charge is 0.458 e. The van der Waals surface area contributed by atoms with Gasteiger partial charge in [-0.1, -0.05) is 22.0 Å². The van der Waals surface area contributed by atoms with E-state index in [1.54, 1.807) is 24.5 Å². The standard InChI is InChI=1S/C28H27BrFN5O3/c1-28(2,3)38-26(36)24(17-9-12-31-25-18(17)10-13-32-25)35-14-11-19-21(5-4-6-23(19)35)33-27(37)34-22-15-16(29)7-8-20(22)30/h4-10,12-13,15,24H,11,14H2,1-3H3,(H,31,32)(H2,33,34,37). The van der Waals surface area contributed by atoms with Gasteiger partial charge in [-0.2, -0.15) is 0 Å². The molecule has 0 saturated carbocycles. The average molecular weight is 580 g/mol. The molecule has 4 aromatic rings. The summed E-state index contributed by atoms with van der Waals surface area (Å²) < 4.78 is 20.7. The molecule has 0 fully saturated rings. The van der Waals surface area contributed by atoms with Crippen molar-refractivity contribution >= 4 is 56.0 Å². The molecule has 0 aliphatic carbocycles. The molecule has 1 aliphatic heterocycles. The van der Waals surface area contributed by atoms with E-state index in [0.29, 0.717) is 28.8 Å². The number of aromatic nitrogens is 2. The van der Waals surface area contributed by atoms with Gasteiger partial charge in [-0.25, -0.2) is 19.0 Å². The number of hydrogen-bond acceptors (Lipinski definition) is 5. The van der Waals surface area contributed by atoms with Crippen molar-refractivity contribution in [3.63, 3.8) is 0 Å². The zero-order chi connectivity index (χ0) is 27.0. The van der Waals surface area contributed by atoms with Crippen LogP contribution in [-0.4, -0.2) is 34.1 Å². The van der Waals surface area contributed by atoms with E-state index in [2.05, 4.69) is 36.5 Å². The maximum Gasteiger partial charge on any atom is 0.334 e. The molecule has 3 N–H and O–H groups in total. The van der Waals surface area contributed by atoms with Crippen LogP contribution in [0.3, 0.4) is 0 Å². The van der Waals surface area contributed by atoms with Crippen molar-refractivity contribution in [2.75, 3.05) is 22.1 Å². The molecule has 1 aliphatic rings. The fourth-order valence-corrected chi connectivity index (χ4v) is 5.08. The molecule has 38 heavy (non-hydrogen) atoms. The van der Waals surface area contributed by atoms with E-state index < -0.39 is 23.5 Å². The van der Waals surface area contributed by atoms with Gasteiger partial charge in [0.25, 0.3) is 0 Å². The summed E-state index contributed by atoms with van der Waals surface area (Å²) in [4.78, 5) is 35.9. The molecular formula is C28H27BrFN5O3. The van der Waals surface area contributed by atoms with Crippen molar-refractivity contribution < 1.29 is 18.7 Å². The van der Waals surface area contributed by atoms with E-state index in [4.69, 9.17) is 4.74 Å². The molecule has 0 bridgehead atoms. The van der Waals surface area contributed by atoms with Crippen molar-refractivity contribution in [3.05, 3.63) is 82.3 Å². The van der Waals surface area contributed by atoms with E-state index in [0.717, 1.165) is 22.2 Å². The summed E-state index contributed by atoms with van der Waals surface area (Å²) in [5.41, 5.74) is 3.12.